The number of amides is 1. The minimum atomic E-state index is -0.479. The highest BCUT2D eigenvalue weighted by Crippen LogP contribution is 2.07. The minimum Gasteiger partial charge on any atom is -0.452 e. The first kappa shape index (κ1) is 15.2. The molecule has 0 saturated heterocycles. The molecule has 1 rings (SSSR count). The number of carbonyl (C=O) groups excluding carboxylic acids is 2. The van der Waals surface area contributed by atoms with Crippen LogP contribution in [0.1, 0.15) is 43.1 Å². The highest BCUT2D eigenvalue weighted by Gasteiger charge is 2.18. The number of rotatable bonds is 5. The van der Waals surface area contributed by atoms with Gasteiger partial charge < -0.3 is 10.1 Å². The molecule has 1 N–H and O–H groups in total. The number of esters is 1. The van der Waals surface area contributed by atoms with Crippen LogP contribution in [0.2, 0.25) is 0 Å². The molecule has 0 bridgehead atoms. The molecule has 104 valence electrons. The molecule has 4 nitrogen and oxygen atoms in total. The lowest BCUT2D eigenvalue weighted by atomic mass is 10.0. The number of hydrogen-bond donors (Lipinski definition) is 1. The van der Waals surface area contributed by atoms with Crippen LogP contribution in [0.3, 0.4) is 0 Å². The van der Waals surface area contributed by atoms with Crippen molar-refractivity contribution in [3.8, 4) is 0 Å². The number of hydrogen-bond acceptors (Lipinski definition) is 3. The Kier molecular flexibility index (Phi) is 5.10. The zero-order valence-corrected chi connectivity index (χ0v) is 11.9. The summed E-state index contributed by atoms with van der Waals surface area (Å²) in [4.78, 5) is 23.4. The summed E-state index contributed by atoms with van der Waals surface area (Å²) >= 11 is 0. The molecule has 0 unspecified atom stereocenters. The molecule has 0 aliphatic carbocycles. The topological polar surface area (TPSA) is 55.4 Å². The van der Waals surface area contributed by atoms with E-state index in [9.17, 15) is 9.59 Å². The average Bonchev–Trinajstić information content (AvgIpc) is 2.35. The van der Waals surface area contributed by atoms with E-state index in [2.05, 4.69) is 5.32 Å². The molecule has 0 aliphatic rings. The molecule has 0 heterocycles. The van der Waals surface area contributed by atoms with Crippen LogP contribution in [0.25, 0.3) is 0 Å². The van der Waals surface area contributed by atoms with Gasteiger partial charge in [-0.1, -0.05) is 24.6 Å². The molecule has 1 amide bonds. The van der Waals surface area contributed by atoms with Crippen molar-refractivity contribution >= 4 is 11.9 Å². The van der Waals surface area contributed by atoms with Crippen LogP contribution in [0.5, 0.6) is 0 Å². The molecule has 0 fully saturated rings. The quantitative estimate of drug-likeness (QED) is 0.830. The van der Waals surface area contributed by atoms with Gasteiger partial charge in [-0.15, -0.1) is 0 Å². The summed E-state index contributed by atoms with van der Waals surface area (Å²) in [5.41, 5.74) is 1.15. The summed E-state index contributed by atoms with van der Waals surface area (Å²) in [5, 5.41) is 2.81. The van der Waals surface area contributed by atoms with E-state index in [1.807, 2.05) is 33.8 Å². The van der Waals surface area contributed by atoms with Crippen LogP contribution in [0.15, 0.2) is 24.3 Å². The molecule has 0 aromatic heterocycles. The maximum atomic E-state index is 11.7. The van der Waals surface area contributed by atoms with Gasteiger partial charge in [0.1, 0.15) is 0 Å². The summed E-state index contributed by atoms with van der Waals surface area (Å²) in [6, 6.07) is 7.08. The van der Waals surface area contributed by atoms with E-state index >= 15 is 0 Å². The van der Waals surface area contributed by atoms with Crippen molar-refractivity contribution in [3.63, 3.8) is 0 Å². The molecule has 0 saturated carbocycles. The van der Waals surface area contributed by atoms with Gasteiger partial charge >= 0.3 is 5.97 Å². The molecule has 0 spiro atoms. The van der Waals surface area contributed by atoms with E-state index in [0.717, 1.165) is 12.0 Å². The van der Waals surface area contributed by atoms with Gasteiger partial charge in [-0.3, -0.25) is 4.79 Å². The second-order valence-corrected chi connectivity index (χ2v) is 5.23. The van der Waals surface area contributed by atoms with Crippen molar-refractivity contribution in [1.82, 2.24) is 5.32 Å². The smallest absolute Gasteiger partial charge is 0.338 e. The first-order chi connectivity index (χ1) is 8.84. The van der Waals surface area contributed by atoms with Crippen LogP contribution in [-0.2, 0) is 9.53 Å². The highest BCUT2D eigenvalue weighted by atomic mass is 16.5. The zero-order valence-electron chi connectivity index (χ0n) is 11.9. The zero-order chi connectivity index (χ0) is 14.5. The van der Waals surface area contributed by atoms with Crippen LogP contribution in [-0.4, -0.2) is 24.0 Å². The highest BCUT2D eigenvalue weighted by molar-refractivity contribution is 5.91. The molecule has 0 radical (unpaired) electrons. The molecule has 4 heteroatoms. The number of carbonyl (C=O) groups is 2. The second-order valence-electron chi connectivity index (χ2n) is 5.23. The molecule has 19 heavy (non-hydrogen) atoms. The fourth-order valence-electron chi connectivity index (χ4n) is 1.49. The Morgan fingerprint density at radius 2 is 2.00 bits per heavy atom. The normalized spacial score (nSPS) is 10.9. The van der Waals surface area contributed by atoms with Crippen LogP contribution < -0.4 is 5.32 Å². The second kappa shape index (κ2) is 6.36. The molecule has 1 aromatic rings. The van der Waals surface area contributed by atoms with E-state index in [0.29, 0.717) is 5.56 Å². The van der Waals surface area contributed by atoms with Gasteiger partial charge in [0, 0.05) is 5.54 Å². The summed E-state index contributed by atoms with van der Waals surface area (Å²) in [7, 11) is 0. The Balaban J connectivity index is 2.49. The van der Waals surface area contributed by atoms with Crippen molar-refractivity contribution in [2.45, 2.75) is 39.7 Å². The SMILES string of the molecule is CCC(C)(C)NC(=O)COC(=O)c1cccc(C)c1. The van der Waals surface area contributed by atoms with E-state index in [1.165, 1.54) is 0 Å². The number of ether oxygens (including phenoxy) is 1. The van der Waals surface area contributed by atoms with Gasteiger partial charge in [0.25, 0.3) is 5.91 Å². The van der Waals surface area contributed by atoms with Crippen LogP contribution in [0.4, 0.5) is 0 Å². The first-order valence-electron chi connectivity index (χ1n) is 6.39. The Hall–Kier alpha value is -1.84. The van der Waals surface area contributed by atoms with Crippen molar-refractivity contribution in [3.05, 3.63) is 35.4 Å². The van der Waals surface area contributed by atoms with Crippen molar-refractivity contribution < 1.29 is 14.3 Å². The Morgan fingerprint density at radius 3 is 2.58 bits per heavy atom. The average molecular weight is 263 g/mol. The van der Waals surface area contributed by atoms with Gasteiger partial charge in [-0.25, -0.2) is 4.79 Å². The summed E-state index contributed by atoms with van der Waals surface area (Å²) in [6.45, 7) is 7.48. The van der Waals surface area contributed by atoms with Crippen molar-refractivity contribution in [2.24, 2.45) is 0 Å². The lowest BCUT2D eigenvalue weighted by Crippen LogP contribution is -2.44. The standard InChI is InChI=1S/C15H21NO3/c1-5-15(3,4)16-13(17)10-19-14(18)12-8-6-7-11(2)9-12/h6-9H,5,10H2,1-4H3,(H,16,17). The largest absolute Gasteiger partial charge is 0.452 e. The summed E-state index contributed by atoms with van der Waals surface area (Å²) < 4.78 is 4.98. The van der Waals surface area contributed by atoms with E-state index in [4.69, 9.17) is 4.74 Å². The lowest BCUT2D eigenvalue weighted by molar-refractivity contribution is -0.125. The predicted molar refractivity (Wildman–Crippen MR) is 74.0 cm³/mol. The minimum absolute atomic E-state index is 0.254. The fraction of sp³-hybridized carbons (Fsp3) is 0.467. The molecular formula is C15H21NO3. The van der Waals surface area contributed by atoms with Gasteiger partial charge in [0.05, 0.1) is 5.56 Å². The van der Waals surface area contributed by atoms with Crippen LogP contribution >= 0.6 is 0 Å². The lowest BCUT2D eigenvalue weighted by Gasteiger charge is -2.24. The van der Waals surface area contributed by atoms with Gasteiger partial charge in [-0.05, 0) is 39.3 Å². The number of benzene rings is 1. The van der Waals surface area contributed by atoms with Crippen LogP contribution in [0, 0.1) is 6.92 Å². The Labute approximate surface area is 114 Å². The Bertz CT molecular complexity index is 466. The third-order valence-corrected chi connectivity index (χ3v) is 2.95. The molecule has 0 atom stereocenters. The monoisotopic (exact) mass is 263 g/mol. The summed E-state index contributed by atoms with van der Waals surface area (Å²) in [5.74, 6) is -0.763. The van der Waals surface area contributed by atoms with E-state index in [-0.39, 0.29) is 18.1 Å². The third-order valence-electron chi connectivity index (χ3n) is 2.95. The summed E-state index contributed by atoms with van der Waals surface area (Å²) in [6.07, 6.45) is 0.810. The molecule has 0 aliphatic heterocycles. The third kappa shape index (κ3) is 5.12. The number of aryl methyl sites for hydroxylation is 1. The maximum absolute atomic E-state index is 11.7. The van der Waals surface area contributed by atoms with Crippen molar-refractivity contribution in [2.75, 3.05) is 6.61 Å². The predicted octanol–water partition coefficient (Wildman–Crippen LogP) is 2.46. The molecular weight excluding hydrogens is 242 g/mol. The fourth-order valence-corrected chi connectivity index (χ4v) is 1.49. The van der Waals surface area contributed by atoms with Gasteiger partial charge in [-0.2, -0.15) is 0 Å². The molecule has 1 aromatic carbocycles. The van der Waals surface area contributed by atoms with E-state index in [1.54, 1.807) is 18.2 Å². The van der Waals surface area contributed by atoms with Gasteiger partial charge in [0.15, 0.2) is 6.61 Å². The Morgan fingerprint density at radius 1 is 1.32 bits per heavy atom. The van der Waals surface area contributed by atoms with Crippen molar-refractivity contribution in [1.29, 1.82) is 0 Å². The van der Waals surface area contributed by atoms with E-state index < -0.39 is 5.97 Å². The first-order valence-corrected chi connectivity index (χ1v) is 6.39. The van der Waals surface area contributed by atoms with Gasteiger partial charge in [0.2, 0.25) is 0 Å². The maximum Gasteiger partial charge on any atom is 0.338 e. The number of nitrogens with one attached hydrogen (secondary N) is 1.